The molecule has 0 radical (unpaired) electrons. The summed E-state index contributed by atoms with van der Waals surface area (Å²) < 4.78 is 0.950. The monoisotopic (exact) mass is 606 g/mol. The van der Waals surface area contributed by atoms with Gasteiger partial charge in [-0.1, -0.05) is 17.7 Å². The molecule has 1 aromatic heterocycles. The van der Waals surface area contributed by atoms with Crippen LogP contribution in [0.4, 0.5) is 0 Å². The van der Waals surface area contributed by atoms with Crippen LogP contribution < -0.4 is 27.8 Å². The molecule has 1 fully saturated rings. The topological polar surface area (TPSA) is 172 Å². The van der Waals surface area contributed by atoms with Gasteiger partial charge in [-0.05, 0) is 49.3 Å². The second-order valence-electron chi connectivity index (χ2n) is 9.90. The Kier molecular flexibility index (Phi) is 9.82. The number of carbonyl (C=O) groups is 3. The van der Waals surface area contributed by atoms with Crippen molar-refractivity contribution in [1.82, 2.24) is 20.4 Å². The number of amides is 3. The van der Waals surface area contributed by atoms with Gasteiger partial charge >= 0.3 is 0 Å². The van der Waals surface area contributed by atoms with Crippen molar-refractivity contribution in [2.75, 3.05) is 27.2 Å². The maximum Gasteiger partial charge on any atom is 0.268 e. The Labute approximate surface area is 246 Å². The molecule has 0 bridgehead atoms. The molecule has 0 spiro atoms. The maximum atomic E-state index is 13.6. The first kappa shape index (κ1) is 30.0. The van der Waals surface area contributed by atoms with Gasteiger partial charge < -0.3 is 37.6 Å². The minimum Gasteiger partial charge on any atom is -0.370 e. The molecule has 0 saturated carbocycles. The number of hydrogen-bond acceptors (Lipinski definition) is 8. The number of halogens is 1. The van der Waals surface area contributed by atoms with Gasteiger partial charge in [0.2, 0.25) is 5.91 Å². The molecule has 2 aliphatic heterocycles. The van der Waals surface area contributed by atoms with E-state index in [9.17, 15) is 14.4 Å². The zero-order valence-electron chi connectivity index (χ0n) is 22.4. The molecule has 2 aromatic rings. The van der Waals surface area contributed by atoms with Gasteiger partial charge in [-0.15, -0.1) is 23.1 Å². The van der Waals surface area contributed by atoms with Crippen LogP contribution in [0.5, 0.6) is 0 Å². The van der Waals surface area contributed by atoms with E-state index in [0.717, 1.165) is 10.1 Å². The van der Waals surface area contributed by atoms with Crippen molar-refractivity contribution >= 4 is 68.5 Å². The van der Waals surface area contributed by atoms with E-state index in [1.807, 2.05) is 41.1 Å². The van der Waals surface area contributed by atoms with Crippen molar-refractivity contribution in [2.24, 2.45) is 22.2 Å². The van der Waals surface area contributed by atoms with Crippen LogP contribution in [0.1, 0.15) is 35.4 Å². The Morgan fingerprint density at radius 2 is 2.00 bits per heavy atom. The molecule has 14 heteroatoms. The largest absolute Gasteiger partial charge is 0.370 e. The highest BCUT2D eigenvalue weighted by Gasteiger charge is 2.44. The van der Waals surface area contributed by atoms with E-state index < -0.39 is 6.04 Å². The first-order chi connectivity index (χ1) is 19.1. The number of nitrogens with one attached hydrogen (secondary N) is 2. The van der Waals surface area contributed by atoms with E-state index in [-0.39, 0.29) is 41.1 Å². The molecular weight excluding hydrogens is 572 g/mol. The molecule has 1 saturated heterocycles. The van der Waals surface area contributed by atoms with Crippen LogP contribution >= 0.6 is 34.7 Å². The second-order valence-corrected chi connectivity index (χ2v) is 12.4. The molecule has 3 heterocycles. The lowest BCUT2D eigenvalue weighted by Crippen LogP contribution is -2.50. The van der Waals surface area contributed by atoms with E-state index >= 15 is 0 Å². The highest BCUT2D eigenvalue weighted by molar-refractivity contribution is 8.03. The number of nitrogens with two attached hydrogens (primary N) is 3. The van der Waals surface area contributed by atoms with Gasteiger partial charge in [-0.3, -0.25) is 19.4 Å². The van der Waals surface area contributed by atoms with Crippen molar-refractivity contribution < 1.29 is 14.4 Å². The fourth-order valence-corrected chi connectivity index (χ4v) is 7.58. The Balaban J connectivity index is 1.41. The lowest BCUT2D eigenvalue weighted by molar-refractivity contribution is -0.127. The van der Waals surface area contributed by atoms with Crippen LogP contribution in [0.25, 0.3) is 10.1 Å². The number of likely N-dealkylation sites (tertiary alicyclic amines) is 1. The van der Waals surface area contributed by atoms with Gasteiger partial charge in [0.15, 0.2) is 5.96 Å². The molecule has 4 atom stereocenters. The minimum absolute atomic E-state index is 0.0247. The zero-order chi connectivity index (χ0) is 29.0. The van der Waals surface area contributed by atoms with Gasteiger partial charge in [0.05, 0.1) is 16.3 Å². The predicted molar refractivity (Wildman–Crippen MR) is 162 cm³/mol. The summed E-state index contributed by atoms with van der Waals surface area (Å²) in [5.41, 5.74) is 17.5. The van der Waals surface area contributed by atoms with Crippen LogP contribution in [-0.4, -0.2) is 84.2 Å². The van der Waals surface area contributed by atoms with Crippen molar-refractivity contribution in [3.63, 3.8) is 0 Å². The standard InChI is InChI=1S/C26H35ClN8O3S2/c1-31-22(36)17(5-3-4-8-32-26(29)30)33-23(37)19-13-39-25(34(19)2)18-11-16(28)12-35(18)24(38)21-9-14-6-7-15(27)10-20(14)40-21/h6-7,9-10,13,16-18,25H,3-5,8,11-12,28H2,1-2H3,(H,31,36)(H,33,37)(H4,29,30,32)/t16-,17?,18+,25?/m1/s1. The van der Waals surface area contributed by atoms with Crippen molar-refractivity contribution in [2.45, 2.75) is 49.2 Å². The van der Waals surface area contributed by atoms with E-state index in [0.29, 0.717) is 54.4 Å². The molecular formula is C26H35ClN8O3S2. The van der Waals surface area contributed by atoms with Gasteiger partial charge in [-0.2, -0.15) is 0 Å². The number of rotatable bonds is 10. The molecule has 1 aromatic carbocycles. The van der Waals surface area contributed by atoms with Crippen LogP contribution in [0, 0.1) is 0 Å². The Morgan fingerprint density at radius 1 is 1.23 bits per heavy atom. The fraction of sp³-hybridized carbons (Fsp3) is 0.462. The Hall–Kier alpha value is -3.00. The van der Waals surface area contributed by atoms with Crippen molar-refractivity contribution in [1.29, 1.82) is 0 Å². The predicted octanol–water partition coefficient (Wildman–Crippen LogP) is 1.62. The van der Waals surface area contributed by atoms with E-state index in [4.69, 9.17) is 28.8 Å². The second kappa shape index (κ2) is 13.1. The molecule has 3 amide bonds. The number of likely N-dealkylation sites (N-methyl/N-ethyl adjacent to an activating group) is 2. The third kappa shape index (κ3) is 6.82. The number of nitrogens with zero attached hydrogens (tertiary/aromatic N) is 3. The Morgan fingerprint density at radius 3 is 2.73 bits per heavy atom. The summed E-state index contributed by atoms with van der Waals surface area (Å²) in [6.07, 6.45) is 2.39. The average molecular weight is 607 g/mol. The van der Waals surface area contributed by atoms with Crippen molar-refractivity contribution in [3.8, 4) is 0 Å². The number of unbranched alkanes of at least 4 members (excludes halogenated alkanes) is 1. The number of aliphatic imine (C=N–C) groups is 1. The summed E-state index contributed by atoms with van der Waals surface area (Å²) in [6.45, 7) is 0.889. The highest BCUT2D eigenvalue weighted by atomic mass is 35.5. The zero-order valence-corrected chi connectivity index (χ0v) is 24.8. The first-order valence-electron chi connectivity index (χ1n) is 13.0. The van der Waals surface area contributed by atoms with E-state index in [1.165, 1.54) is 30.1 Å². The third-order valence-electron chi connectivity index (χ3n) is 7.04. The molecule has 40 heavy (non-hydrogen) atoms. The van der Waals surface area contributed by atoms with Gasteiger partial charge in [0.1, 0.15) is 11.7 Å². The van der Waals surface area contributed by atoms with Crippen LogP contribution in [0.2, 0.25) is 5.02 Å². The SMILES string of the molecule is CNC(=O)C(CCCCN=C(N)N)NC(=O)C1=CSC([C@@H]2C[C@@H](N)CN2C(=O)c2cc3ccc(Cl)cc3s2)N1C. The molecule has 0 aliphatic carbocycles. The number of fused-ring (bicyclic) bond motifs is 1. The van der Waals surface area contributed by atoms with Gasteiger partial charge in [0.25, 0.3) is 11.8 Å². The number of thioether (sulfide) groups is 1. The number of thiophene rings is 1. The number of carbonyl (C=O) groups excluding carboxylic acids is 3. The summed E-state index contributed by atoms with van der Waals surface area (Å²) in [7, 11) is 3.36. The van der Waals surface area contributed by atoms with E-state index in [2.05, 4.69) is 15.6 Å². The lowest BCUT2D eigenvalue weighted by Gasteiger charge is -2.34. The number of guanidine groups is 1. The van der Waals surface area contributed by atoms with E-state index in [1.54, 1.807) is 5.41 Å². The van der Waals surface area contributed by atoms with Crippen LogP contribution in [0.3, 0.4) is 0 Å². The molecule has 2 unspecified atom stereocenters. The lowest BCUT2D eigenvalue weighted by atomic mass is 10.1. The molecule has 8 N–H and O–H groups in total. The van der Waals surface area contributed by atoms with Crippen molar-refractivity contribution in [3.05, 3.63) is 45.3 Å². The highest BCUT2D eigenvalue weighted by Crippen LogP contribution is 2.39. The molecule has 2 aliphatic rings. The summed E-state index contributed by atoms with van der Waals surface area (Å²) in [5.74, 6) is -0.681. The van der Waals surface area contributed by atoms with Crippen LogP contribution in [0.15, 0.2) is 40.4 Å². The number of hydrogen-bond donors (Lipinski definition) is 5. The van der Waals surface area contributed by atoms with Crippen LogP contribution in [-0.2, 0) is 9.59 Å². The smallest absolute Gasteiger partial charge is 0.268 e. The summed E-state index contributed by atoms with van der Waals surface area (Å²) >= 11 is 9.02. The fourth-order valence-electron chi connectivity index (χ4n) is 5.01. The van der Waals surface area contributed by atoms with Gasteiger partial charge in [-0.25, -0.2) is 0 Å². The number of benzene rings is 1. The average Bonchev–Trinajstić information content (AvgIpc) is 3.62. The maximum absolute atomic E-state index is 13.6. The summed E-state index contributed by atoms with van der Waals surface area (Å²) in [5, 5.41) is 8.66. The minimum atomic E-state index is -0.700. The quantitative estimate of drug-likeness (QED) is 0.154. The summed E-state index contributed by atoms with van der Waals surface area (Å²) in [4.78, 5) is 47.6. The molecule has 11 nitrogen and oxygen atoms in total. The molecule has 4 rings (SSSR count). The first-order valence-corrected chi connectivity index (χ1v) is 15.1. The molecule has 216 valence electrons. The van der Waals surface area contributed by atoms with Gasteiger partial charge in [0, 0.05) is 48.4 Å². The summed E-state index contributed by atoms with van der Waals surface area (Å²) in [6, 6.07) is 6.40. The third-order valence-corrected chi connectivity index (χ3v) is 9.63. The normalized spacial score (nSPS) is 21.3. The Bertz CT molecular complexity index is 1330.